The molecule has 1 atom stereocenters. The van der Waals surface area contributed by atoms with Gasteiger partial charge in [-0.2, -0.15) is 5.26 Å². The number of allylic oxidation sites excluding steroid dienone is 1. The molecule has 1 unspecified atom stereocenters. The van der Waals surface area contributed by atoms with Gasteiger partial charge in [0.1, 0.15) is 29.7 Å². The Morgan fingerprint density at radius 1 is 1.41 bits per heavy atom. The zero-order valence-corrected chi connectivity index (χ0v) is 15.3. The van der Waals surface area contributed by atoms with E-state index in [4.69, 9.17) is 31.5 Å². The number of phenolic OH excluding ortho intramolecular Hbond substituents is 1. The van der Waals surface area contributed by atoms with Gasteiger partial charge in [0.25, 0.3) is 0 Å². The second kappa shape index (κ2) is 7.52. The molecular formula is C20H17ClN2O4. The van der Waals surface area contributed by atoms with Crippen molar-refractivity contribution in [3.8, 4) is 29.1 Å². The fourth-order valence-electron chi connectivity index (χ4n) is 2.98. The molecule has 7 heteroatoms. The maximum absolute atomic E-state index is 9.73. The van der Waals surface area contributed by atoms with E-state index in [9.17, 15) is 10.4 Å². The molecule has 3 rings (SSSR count). The summed E-state index contributed by atoms with van der Waals surface area (Å²) >= 11 is 6.41. The van der Waals surface area contributed by atoms with Crippen LogP contribution in [-0.4, -0.2) is 18.8 Å². The van der Waals surface area contributed by atoms with Crippen molar-refractivity contribution in [1.82, 2.24) is 0 Å². The van der Waals surface area contributed by atoms with Crippen LogP contribution < -0.4 is 19.9 Å². The Morgan fingerprint density at radius 3 is 2.85 bits per heavy atom. The average molecular weight is 385 g/mol. The summed E-state index contributed by atoms with van der Waals surface area (Å²) in [5.41, 5.74) is 7.54. The van der Waals surface area contributed by atoms with E-state index >= 15 is 0 Å². The van der Waals surface area contributed by atoms with E-state index in [1.54, 1.807) is 24.3 Å². The van der Waals surface area contributed by atoms with Crippen molar-refractivity contribution in [3.05, 3.63) is 70.6 Å². The van der Waals surface area contributed by atoms with Crippen LogP contribution in [-0.2, 0) is 0 Å². The van der Waals surface area contributed by atoms with Crippen molar-refractivity contribution in [1.29, 1.82) is 5.26 Å². The second-order valence-electron chi connectivity index (χ2n) is 5.78. The number of methoxy groups -OCH3 is 1. The molecule has 0 amide bonds. The molecule has 0 saturated heterocycles. The first kappa shape index (κ1) is 18.5. The van der Waals surface area contributed by atoms with Gasteiger partial charge in [-0.05, 0) is 23.8 Å². The highest BCUT2D eigenvalue weighted by atomic mass is 35.5. The number of hydrogen-bond acceptors (Lipinski definition) is 6. The summed E-state index contributed by atoms with van der Waals surface area (Å²) < 4.78 is 16.5. The fourth-order valence-corrected chi connectivity index (χ4v) is 3.25. The van der Waals surface area contributed by atoms with E-state index < -0.39 is 5.92 Å². The lowest BCUT2D eigenvalue weighted by molar-refractivity contribution is 0.326. The largest absolute Gasteiger partial charge is 0.508 e. The summed E-state index contributed by atoms with van der Waals surface area (Å²) in [6.07, 6.45) is 1.60. The highest BCUT2D eigenvalue weighted by Gasteiger charge is 2.32. The third-order valence-electron chi connectivity index (χ3n) is 4.13. The molecule has 0 aliphatic carbocycles. The molecule has 1 heterocycles. The van der Waals surface area contributed by atoms with Crippen molar-refractivity contribution >= 4 is 11.6 Å². The lowest BCUT2D eigenvalue weighted by atomic mass is 9.83. The maximum atomic E-state index is 9.73. The van der Waals surface area contributed by atoms with Gasteiger partial charge in [0, 0.05) is 11.6 Å². The third-order valence-corrected chi connectivity index (χ3v) is 4.41. The molecule has 1 aliphatic heterocycles. The number of phenols is 1. The summed E-state index contributed by atoms with van der Waals surface area (Å²) in [4.78, 5) is 0. The van der Waals surface area contributed by atoms with Gasteiger partial charge in [0.15, 0.2) is 11.5 Å². The van der Waals surface area contributed by atoms with E-state index in [0.29, 0.717) is 33.4 Å². The van der Waals surface area contributed by atoms with E-state index in [1.165, 1.54) is 19.2 Å². The van der Waals surface area contributed by atoms with Crippen molar-refractivity contribution in [3.63, 3.8) is 0 Å². The molecular weight excluding hydrogens is 368 g/mol. The van der Waals surface area contributed by atoms with Crippen LogP contribution in [0.2, 0.25) is 5.02 Å². The number of ether oxygens (including phenoxy) is 3. The van der Waals surface area contributed by atoms with Gasteiger partial charge in [0.05, 0.1) is 18.1 Å². The van der Waals surface area contributed by atoms with Gasteiger partial charge in [-0.25, -0.2) is 0 Å². The van der Waals surface area contributed by atoms with E-state index in [0.717, 1.165) is 0 Å². The highest BCUT2D eigenvalue weighted by Crippen LogP contribution is 2.46. The summed E-state index contributed by atoms with van der Waals surface area (Å²) in [5, 5.41) is 19.7. The Labute approximate surface area is 161 Å². The van der Waals surface area contributed by atoms with E-state index in [-0.39, 0.29) is 23.8 Å². The summed E-state index contributed by atoms with van der Waals surface area (Å²) in [5.74, 6) is 0.656. The predicted octanol–water partition coefficient (Wildman–Crippen LogP) is 3.84. The van der Waals surface area contributed by atoms with Crippen LogP contribution in [0.3, 0.4) is 0 Å². The molecule has 0 aromatic heterocycles. The summed E-state index contributed by atoms with van der Waals surface area (Å²) in [7, 11) is 1.50. The van der Waals surface area contributed by atoms with Crippen LogP contribution >= 0.6 is 11.6 Å². The summed E-state index contributed by atoms with van der Waals surface area (Å²) in [6, 6.07) is 10.2. The molecule has 27 heavy (non-hydrogen) atoms. The number of benzene rings is 2. The van der Waals surface area contributed by atoms with E-state index in [2.05, 4.69) is 12.6 Å². The molecule has 0 saturated carbocycles. The fraction of sp³-hybridized carbons (Fsp3) is 0.150. The number of halogens is 1. The number of rotatable bonds is 5. The first-order valence-electron chi connectivity index (χ1n) is 8.01. The van der Waals surface area contributed by atoms with Gasteiger partial charge in [-0.1, -0.05) is 30.3 Å². The van der Waals surface area contributed by atoms with Gasteiger partial charge >= 0.3 is 0 Å². The Bertz CT molecular complexity index is 979. The average Bonchev–Trinajstić information content (AvgIpc) is 2.65. The SMILES string of the molecule is C=CCOc1c(Cl)cc(C2C(C#N)=C(N)Oc3cc(O)ccc32)cc1OC. The Balaban J connectivity index is 2.18. The zero-order chi connectivity index (χ0) is 19.6. The van der Waals surface area contributed by atoms with E-state index in [1.807, 2.05) is 0 Å². The Morgan fingerprint density at radius 2 is 2.19 bits per heavy atom. The smallest absolute Gasteiger partial charge is 0.205 e. The van der Waals surface area contributed by atoms with Gasteiger partial charge in [-0.15, -0.1) is 0 Å². The molecule has 0 fully saturated rings. The normalized spacial score (nSPS) is 15.4. The van der Waals surface area contributed by atoms with Crippen molar-refractivity contribution in [2.24, 2.45) is 5.73 Å². The van der Waals surface area contributed by atoms with Crippen LogP contribution in [0.15, 0.2) is 54.4 Å². The maximum Gasteiger partial charge on any atom is 0.205 e. The number of hydrogen-bond donors (Lipinski definition) is 2. The number of nitriles is 1. The minimum atomic E-state index is -0.529. The van der Waals surface area contributed by atoms with Crippen LogP contribution in [0.5, 0.6) is 23.0 Å². The quantitative estimate of drug-likeness (QED) is 0.760. The van der Waals surface area contributed by atoms with Gasteiger partial charge in [-0.3, -0.25) is 0 Å². The van der Waals surface area contributed by atoms with Gasteiger partial charge < -0.3 is 25.1 Å². The number of nitrogens with two attached hydrogens (primary N) is 1. The first-order chi connectivity index (χ1) is 13.0. The lowest BCUT2D eigenvalue weighted by Gasteiger charge is -2.27. The van der Waals surface area contributed by atoms with Crippen LogP contribution in [0.4, 0.5) is 0 Å². The molecule has 138 valence electrons. The molecule has 3 N–H and O–H groups in total. The zero-order valence-electron chi connectivity index (χ0n) is 14.5. The van der Waals surface area contributed by atoms with Crippen LogP contribution in [0, 0.1) is 11.3 Å². The van der Waals surface area contributed by atoms with Crippen LogP contribution in [0.25, 0.3) is 0 Å². The number of nitrogens with zero attached hydrogens (tertiary/aromatic N) is 1. The van der Waals surface area contributed by atoms with Gasteiger partial charge in [0.2, 0.25) is 5.88 Å². The standard InChI is InChI=1S/C20H17ClN2O4/c1-3-6-26-19-15(21)7-11(8-17(19)25-2)18-13-5-4-12(24)9-16(13)27-20(23)14(18)10-22/h3-5,7-9,18,24H,1,6,23H2,2H3. The predicted molar refractivity (Wildman–Crippen MR) is 101 cm³/mol. The molecule has 1 aliphatic rings. The van der Waals surface area contributed by atoms with Crippen molar-refractivity contribution in [2.75, 3.05) is 13.7 Å². The Kier molecular flexibility index (Phi) is 5.15. The first-order valence-corrected chi connectivity index (χ1v) is 8.39. The molecule has 0 spiro atoms. The Hall–Kier alpha value is -3.30. The molecule has 0 bridgehead atoms. The molecule has 6 nitrogen and oxygen atoms in total. The van der Waals surface area contributed by atoms with Crippen molar-refractivity contribution < 1.29 is 19.3 Å². The number of fused-ring (bicyclic) bond motifs is 1. The van der Waals surface area contributed by atoms with Crippen LogP contribution in [0.1, 0.15) is 17.0 Å². The highest BCUT2D eigenvalue weighted by molar-refractivity contribution is 6.32. The lowest BCUT2D eigenvalue weighted by Crippen LogP contribution is -2.21. The molecule has 2 aromatic carbocycles. The van der Waals surface area contributed by atoms with Crippen molar-refractivity contribution in [2.45, 2.75) is 5.92 Å². The molecule has 0 radical (unpaired) electrons. The second-order valence-corrected chi connectivity index (χ2v) is 6.19. The summed E-state index contributed by atoms with van der Waals surface area (Å²) in [6.45, 7) is 3.88. The minimum absolute atomic E-state index is 0.0253. The molecule has 2 aromatic rings. The number of aromatic hydroxyl groups is 1. The third kappa shape index (κ3) is 3.37. The monoisotopic (exact) mass is 384 g/mol. The minimum Gasteiger partial charge on any atom is -0.508 e. The topological polar surface area (TPSA) is 97.7 Å².